The van der Waals surface area contributed by atoms with Crippen molar-refractivity contribution in [1.29, 1.82) is 0 Å². The van der Waals surface area contributed by atoms with Crippen molar-refractivity contribution in [3.05, 3.63) is 12.0 Å². The first-order valence-corrected chi connectivity index (χ1v) is 2.54. The molecule has 0 bridgehead atoms. The number of methoxy groups -OCH3 is 1. The van der Waals surface area contributed by atoms with Crippen molar-refractivity contribution < 1.29 is 14.1 Å². The third-order valence-electron chi connectivity index (χ3n) is 0.969. The van der Waals surface area contributed by atoms with Crippen molar-refractivity contribution in [2.45, 2.75) is 0 Å². The minimum atomic E-state index is -0.616. The largest absolute Gasteiger partial charge is 0.463 e. The van der Waals surface area contributed by atoms with Crippen molar-refractivity contribution in [3.63, 3.8) is 0 Å². The Hall–Kier alpha value is -1.52. The summed E-state index contributed by atoms with van der Waals surface area (Å²) < 4.78 is 8.79. The number of aromatic nitrogens is 1. The number of carbonyl (C=O) groups is 1. The molecular formula is C5H6N2O3. The van der Waals surface area contributed by atoms with Crippen molar-refractivity contribution in [2.75, 3.05) is 12.8 Å². The molecule has 0 amide bonds. The number of anilines is 1. The Kier molecular flexibility index (Phi) is 1.57. The maximum Gasteiger partial charge on any atom is 0.379 e. The average molecular weight is 142 g/mol. The van der Waals surface area contributed by atoms with Gasteiger partial charge in [-0.2, -0.15) is 0 Å². The van der Waals surface area contributed by atoms with E-state index >= 15 is 0 Å². The molecule has 0 fully saturated rings. The number of hydrogen-bond donors (Lipinski definition) is 1. The lowest BCUT2D eigenvalue weighted by Gasteiger charge is -1.91. The van der Waals surface area contributed by atoms with Gasteiger partial charge in [0.15, 0.2) is 0 Å². The molecule has 1 aromatic heterocycles. The summed E-state index contributed by atoms with van der Waals surface area (Å²) in [5, 5.41) is 3.29. The minimum Gasteiger partial charge on any atom is -0.463 e. The number of nitrogens with two attached hydrogens (primary N) is 1. The zero-order chi connectivity index (χ0) is 7.56. The van der Waals surface area contributed by atoms with Gasteiger partial charge < -0.3 is 15.0 Å². The van der Waals surface area contributed by atoms with Gasteiger partial charge in [-0.3, -0.25) is 0 Å². The monoisotopic (exact) mass is 142 g/mol. The fraction of sp³-hybridized carbons (Fsp3) is 0.200. The summed E-state index contributed by atoms with van der Waals surface area (Å²) >= 11 is 0. The first kappa shape index (κ1) is 6.60. The third-order valence-corrected chi connectivity index (χ3v) is 0.969. The van der Waals surface area contributed by atoms with Gasteiger partial charge in [0.25, 0.3) is 5.76 Å². The summed E-state index contributed by atoms with van der Waals surface area (Å²) in [7, 11) is 1.24. The van der Waals surface area contributed by atoms with Crippen LogP contribution in [0.5, 0.6) is 0 Å². The van der Waals surface area contributed by atoms with Crippen molar-refractivity contribution >= 4 is 11.7 Å². The molecule has 0 aliphatic carbocycles. The van der Waals surface area contributed by atoms with E-state index in [2.05, 4.69) is 14.4 Å². The van der Waals surface area contributed by atoms with Gasteiger partial charge in [0.1, 0.15) is 5.69 Å². The Balaban J connectivity index is 2.93. The molecule has 0 saturated heterocycles. The first-order valence-electron chi connectivity index (χ1n) is 2.54. The Morgan fingerprint density at radius 2 is 2.60 bits per heavy atom. The minimum absolute atomic E-state index is 0.0532. The fourth-order valence-electron chi connectivity index (χ4n) is 0.495. The quantitative estimate of drug-likeness (QED) is 0.560. The number of ether oxygens (including phenoxy) is 1. The standard InChI is InChI=1S/C5H6N2O3/c1-9-5(8)4-3(6)2-7-10-4/h2H,6H2,1H3. The fourth-order valence-corrected chi connectivity index (χ4v) is 0.495. The van der Waals surface area contributed by atoms with E-state index in [1.54, 1.807) is 0 Å². The molecule has 5 heteroatoms. The topological polar surface area (TPSA) is 78.3 Å². The molecule has 0 spiro atoms. The average Bonchev–Trinajstić information content (AvgIpc) is 2.34. The lowest BCUT2D eigenvalue weighted by atomic mass is 10.4. The number of carbonyl (C=O) groups excluding carboxylic acids is 1. The van der Waals surface area contributed by atoms with Crippen molar-refractivity contribution in [2.24, 2.45) is 0 Å². The van der Waals surface area contributed by atoms with Crippen LogP contribution in [0.2, 0.25) is 0 Å². The molecule has 2 N–H and O–H groups in total. The maximum atomic E-state index is 10.7. The first-order chi connectivity index (χ1) is 4.75. The molecule has 0 radical (unpaired) electrons. The summed E-state index contributed by atoms with van der Waals surface area (Å²) in [4.78, 5) is 10.7. The second-order valence-electron chi connectivity index (χ2n) is 1.60. The molecule has 0 aliphatic heterocycles. The van der Waals surface area contributed by atoms with Crippen LogP contribution in [0.25, 0.3) is 0 Å². The second kappa shape index (κ2) is 2.38. The van der Waals surface area contributed by atoms with Gasteiger partial charge in [-0.1, -0.05) is 5.16 Å². The van der Waals surface area contributed by atoms with Gasteiger partial charge in [0.05, 0.1) is 13.3 Å². The normalized spacial score (nSPS) is 9.30. The van der Waals surface area contributed by atoms with E-state index in [9.17, 15) is 4.79 Å². The van der Waals surface area contributed by atoms with Crippen LogP contribution in [0, 0.1) is 0 Å². The number of nitrogens with zero attached hydrogens (tertiary/aromatic N) is 1. The number of nitrogen functional groups attached to an aromatic ring is 1. The zero-order valence-electron chi connectivity index (χ0n) is 5.33. The van der Waals surface area contributed by atoms with Gasteiger partial charge in [-0.25, -0.2) is 4.79 Å². The van der Waals surface area contributed by atoms with Crippen molar-refractivity contribution in [3.8, 4) is 0 Å². The molecule has 0 atom stereocenters. The molecule has 1 aromatic rings. The predicted octanol–water partition coefficient (Wildman–Crippen LogP) is 0.0434. The van der Waals surface area contributed by atoms with Crippen LogP contribution in [0.1, 0.15) is 10.6 Å². The Morgan fingerprint density at radius 1 is 1.90 bits per heavy atom. The van der Waals surface area contributed by atoms with Crippen molar-refractivity contribution in [1.82, 2.24) is 5.16 Å². The molecule has 0 unspecified atom stereocenters. The summed E-state index contributed by atoms with van der Waals surface area (Å²) in [6.07, 6.45) is 1.24. The molecule has 1 rings (SSSR count). The van der Waals surface area contributed by atoms with E-state index in [0.717, 1.165) is 0 Å². The van der Waals surface area contributed by atoms with E-state index in [1.165, 1.54) is 13.3 Å². The molecule has 10 heavy (non-hydrogen) atoms. The van der Waals surface area contributed by atoms with Gasteiger partial charge >= 0.3 is 5.97 Å². The highest BCUT2D eigenvalue weighted by molar-refractivity contribution is 5.91. The second-order valence-corrected chi connectivity index (χ2v) is 1.60. The summed E-state index contributed by atoms with van der Waals surface area (Å²) in [5.41, 5.74) is 5.45. The maximum absolute atomic E-state index is 10.7. The smallest absolute Gasteiger partial charge is 0.379 e. The molecule has 1 heterocycles. The molecule has 0 saturated carbocycles. The lowest BCUT2D eigenvalue weighted by molar-refractivity contribution is 0.0556. The molecule has 5 nitrogen and oxygen atoms in total. The van der Waals surface area contributed by atoms with E-state index < -0.39 is 5.97 Å². The van der Waals surface area contributed by atoms with E-state index in [-0.39, 0.29) is 11.4 Å². The Morgan fingerprint density at radius 3 is 3.00 bits per heavy atom. The van der Waals surface area contributed by atoms with Crippen LogP contribution < -0.4 is 5.73 Å². The molecule has 0 aromatic carbocycles. The van der Waals surface area contributed by atoms with Crippen LogP contribution >= 0.6 is 0 Å². The lowest BCUT2D eigenvalue weighted by Crippen LogP contribution is -2.02. The zero-order valence-corrected chi connectivity index (χ0v) is 5.33. The number of hydrogen-bond acceptors (Lipinski definition) is 5. The highest BCUT2D eigenvalue weighted by Gasteiger charge is 2.14. The van der Waals surface area contributed by atoms with Crippen LogP contribution in [0.15, 0.2) is 10.7 Å². The summed E-state index contributed by atoms with van der Waals surface area (Å²) in [6, 6.07) is 0. The summed E-state index contributed by atoms with van der Waals surface area (Å²) in [5.74, 6) is -0.669. The van der Waals surface area contributed by atoms with Crippen LogP contribution in [-0.2, 0) is 4.74 Å². The van der Waals surface area contributed by atoms with Crippen LogP contribution in [0.4, 0.5) is 5.69 Å². The van der Waals surface area contributed by atoms with E-state index in [4.69, 9.17) is 5.73 Å². The highest BCUT2D eigenvalue weighted by atomic mass is 16.5. The Labute approximate surface area is 56.7 Å². The molecule has 54 valence electrons. The van der Waals surface area contributed by atoms with Gasteiger partial charge in [0.2, 0.25) is 0 Å². The highest BCUT2D eigenvalue weighted by Crippen LogP contribution is 2.09. The SMILES string of the molecule is COC(=O)c1oncc1N. The number of rotatable bonds is 1. The van der Waals surface area contributed by atoms with Crippen LogP contribution in [0.3, 0.4) is 0 Å². The van der Waals surface area contributed by atoms with Gasteiger partial charge in [0, 0.05) is 0 Å². The van der Waals surface area contributed by atoms with E-state index in [0.29, 0.717) is 0 Å². The predicted molar refractivity (Wildman–Crippen MR) is 32.3 cm³/mol. The van der Waals surface area contributed by atoms with Crippen LogP contribution in [-0.4, -0.2) is 18.2 Å². The third kappa shape index (κ3) is 0.928. The molecule has 0 aliphatic rings. The van der Waals surface area contributed by atoms with Gasteiger partial charge in [-0.15, -0.1) is 0 Å². The van der Waals surface area contributed by atoms with E-state index in [1.807, 2.05) is 0 Å². The summed E-state index contributed by atoms with van der Waals surface area (Å²) in [6.45, 7) is 0. The molecular weight excluding hydrogens is 136 g/mol. The Bertz CT molecular complexity index is 243. The number of esters is 1. The van der Waals surface area contributed by atoms with Gasteiger partial charge in [-0.05, 0) is 0 Å².